The molecular formula is C10H18N4S. The smallest absolute Gasteiger partial charge is 0.166 e. The van der Waals surface area contributed by atoms with Crippen molar-refractivity contribution in [2.45, 2.75) is 33.4 Å². The zero-order valence-corrected chi connectivity index (χ0v) is 10.3. The Morgan fingerprint density at radius 3 is 2.87 bits per heavy atom. The summed E-state index contributed by atoms with van der Waals surface area (Å²) in [7, 11) is 0. The summed E-state index contributed by atoms with van der Waals surface area (Å²) in [5.74, 6) is 0. The molecule has 1 aromatic heterocycles. The highest BCUT2D eigenvalue weighted by Gasteiger charge is 2.09. The van der Waals surface area contributed by atoms with Gasteiger partial charge in [0.25, 0.3) is 0 Å². The highest BCUT2D eigenvalue weighted by molar-refractivity contribution is 7.80. The van der Waals surface area contributed by atoms with E-state index in [9.17, 15) is 0 Å². The SMILES string of the molecule is CCNC(=S)NC(C)c1ccn(CC)n1. The van der Waals surface area contributed by atoms with Crippen molar-refractivity contribution in [3.05, 3.63) is 18.0 Å². The Balaban J connectivity index is 2.52. The molecule has 0 amide bonds. The first-order valence-corrected chi connectivity index (χ1v) is 5.65. The van der Waals surface area contributed by atoms with Crippen LogP contribution in [0.2, 0.25) is 0 Å². The molecule has 0 aromatic carbocycles. The molecule has 5 heteroatoms. The van der Waals surface area contributed by atoms with E-state index >= 15 is 0 Å². The summed E-state index contributed by atoms with van der Waals surface area (Å²) in [5.41, 5.74) is 1.01. The van der Waals surface area contributed by atoms with E-state index in [-0.39, 0.29) is 6.04 Å². The fourth-order valence-electron chi connectivity index (χ4n) is 1.27. The van der Waals surface area contributed by atoms with E-state index in [4.69, 9.17) is 12.2 Å². The van der Waals surface area contributed by atoms with Crippen LogP contribution < -0.4 is 10.6 Å². The topological polar surface area (TPSA) is 41.9 Å². The molecule has 15 heavy (non-hydrogen) atoms. The van der Waals surface area contributed by atoms with Gasteiger partial charge in [0, 0.05) is 19.3 Å². The minimum absolute atomic E-state index is 0.143. The number of hydrogen-bond donors (Lipinski definition) is 2. The molecule has 0 bridgehead atoms. The van der Waals surface area contributed by atoms with E-state index in [0.717, 1.165) is 18.8 Å². The highest BCUT2D eigenvalue weighted by atomic mass is 32.1. The first-order chi connectivity index (χ1) is 7.17. The first-order valence-electron chi connectivity index (χ1n) is 5.25. The monoisotopic (exact) mass is 226 g/mol. The molecule has 0 aliphatic rings. The lowest BCUT2D eigenvalue weighted by Gasteiger charge is -2.14. The van der Waals surface area contributed by atoms with Gasteiger partial charge in [0.2, 0.25) is 0 Å². The summed E-state index contributed by atoms with van der Waals surface area (Å²) in [6.45, 7) is 7.86. The van der Waals surface area contributed by atoms with Crippen molar-refractivity contribution in [2.24, 2.45) is 0 Å². The molecule has 0 saturated carbocycles. The number of thiocarbonyl (C=S) groups is 1. The van der Waals surface area contributed by atoms with E-state index in [1.54, 1.807) is 0 Å². The Kier molecular flexibility index (Phi) is 4.55. The summed E-state index contributed by atoms with van der Waals surface area (Å²) in [5, 5.41) is 11.3. The second-order valence-corrected chi connectivity index (χ2v) is 3.73. The van der Waals surface area contributed by atoms with E-state index in [1.807, 2.05) is 30.8 Å². The summed E-state index contributed by atoms with van der Waals surface area (Å²) < 4.78 is 1.91. The van der Waals surface area contributed by atoms with E-state index < -0.39 is 0 Å². The van der Waals surface area contributed by atoms with Crippen molar-refractivity contribution in [1.29, 1.82) is 0 Å². The van der Waals surface area contributed by atoms with E-state index in [1.165, 1.54) is 0 Å². The van der Waals surface area contributed by atoms with Crippen molar-refractivity contribution in [1.82, 2.24) is 20.4 Å². The summed E-state index contributed by atoms with van der Waals surface area (Å²) in [6.07, 6.45) is 1.98. The van der Waals surface area contributed by atoms with Crippen molar-refractivity contribution >= 4 is 17.3 Å². The van der Waals surface area contributed by atoms with Crippen molar-refractivity contribution in [3.63, 3.8) is 0 Å². The maximum atomic E-state index is 5.11. The molecule has 1 heterocycles. The van der Waals surface area contributed by atoms with Crippen LogP contribution in [0.5, 0.6) is 0 Å². The number of nitrogens with one attached hydrogen (secondary N) is 2. The van der Waals surface area contributed by atoms with Gasteiger partial charge in [-0.05, 0) is 39.1 Å². The predicted molar refractivity (Wildman–Crippen MR) is 65.7 cm³/mol. The lowest BCUT2D eigenvalue weighted by atomic mass is 10.2. The minimum Gasteiger partial charge on any atom is -0.363 e. The van der Waals surface area contributed by atoms with Crippen LogP contribution in [-0.4, -0.2) is 21.4 Å². The number of rotatable bonds is 4. The quantitative estimate of drug-likeness (QED) is 0.763. The van der Waals surface area contributed by atoms with Gasteiger partial charge < -0.3 is 10.6 Å². The van der Waals surface area contributed by atoms with Gasteiger partial charge >= 0.3 is 0 Å². The maximum absolute atomic E-state index is 5.11. The first kappa shape index (κ1) is 12.0. The van der Waals surface area contributed by atoms with Gasteiger partial charge in [0.1, 0.15) is 0 Å². The van der Waals surface area contributed by atoms with E-state index in [0.29, 0.717) is 5.11 Å². The number of nitrogens with zero attached hydrogens (tertiary/aromatic N) is 2. The normalized spacial score (nSPS) is 12.2. The lowest BCUT2D eigenvalue weighted by molar-refractivity contribution is 0.609. The van der Waals surface area contributed by atoms with Crippen LogP contribution in [0.15, 0.2) is 12.3 Å². The fraction of sp³-hybridized carbons (Fsp3) is 0.600. The standard InChI is InChI=1S/C10H18N4S/c1-4-11-10(15)12-8(3)9-6-7-14(5-2)13-9/h6-8H,4-5H2,1-3H3,(H2,11,12,15). The Hall–Kier alpha value is -1.10. The Labute approximate surface area is 96.1 Å². The van der Waals surface area contributed by atoms with Crippen LogP contribution in [0.25, 0.3) is 0 Å². The lowest BCUT2D eigenvalue weighted by Crippen LogP contribution is -2.36. The molecule has 2 N–H and O–H groups in total. The summed E-state index contributed by atoms with van der Waals surface area (Å²) >= 11 is 5.11. The van der Waals surface area contributed by atoms with Crippen LogP contribution in [0.4, 0.5) is 0 Å². The number of aryl methyl sites for hydroxylation is 1. The molecule has 84 valence electrons. The molecule has 0 aliphatic heterocycles. The number of hydrogen-bond acceptors (Lipinski definition) is 2. The molecule has 1 unspecified atom stereocenters. The second kappa shape index (κ2) is 5.70. The minimum atomic E-state index is 0.143. The third-order valence-electron chi connectivity index (χ3n) is 2.11. The van der Waals surface area contributed by atoms with Gasteiger partial charge in [0.05, 0.1) is 11.7 Å². The molecule has 0 radical (unpaired) electrons. The Morgan fingerprint density at radius 2 is 2.33 bits per heavy atom. The molecular weight excluding hydrogens is 208 g/mol. The van der Waals surface area contributed by atoms with Gasteiger partial charge in [-0.2, -0.15) is 5.10 Å². The van der Waals surface area contributed by atoms with Gasteiger partial charge in [-0.25, -0.2) is 0 Å². The van der Waals surface area contributed by atoms with Crippen molar-refractivity contribution in [2.75, 3.05) is 6.54 Å². The Morgan fingerprint density at radius 1 is 1.60 bits per heavy atom. The van der Waals surface area contributed by atoms with Crippen LogP contribution >= 0.6 is 12.2 Å². The average molecular weight is 226 g/mol. The summed E-state index contributed by atoms with van der Waals surface area (Å²) in [6, 6.07) is 2.15. The highest BCUT2D eigenvalue weighted by Crippen LogP contribution is 2.08. The van der Waals surface area contributed by atoms with Gasteiger partial charge in [0.15, 0.2) is 5.11 Å². The van der Waals surface area contributed by atoms with Crippen molar-refractivity contribution in [3.8, 4) is 0 Å². The van der Waals surface area contributed by atoms with Crippen molar-refractivity contribution < 1.29 is 0 Å². The second-order valence-electron chi connectivity index (χ2n) is 3.32. The zero-order chi connectivity index (χ0) is 11.3. The Bertz CT molecular complexity index is 321. The molecule has 1 aromatic rings. The molecule has 0 spiro atoms. The zero-order valence-electron chi connectivity index (χ0n) is 9.45. The fourth-order valence-corrected chi connectivity index (χ4v) is 1.59. The van der Waals surface area contributed by atoms with E-state index in [2.05, 4.69) is 22.7 Å². The van der Waals surface area contributed by atoms with Crippen LogP contribution in [0.1, 0.15) is 32.5 Å². The largest absolute Gasteiger partial charge is 0.363 e. The molecule has 1 atom stereocenters. The summed E-state index contributed by atoms with van der Waals surface area (Å²) in [4.78, 5) is 0. The third kappa shape index (κ3) is 3.51. The van der Waals surface area contributed by atoms with Gasteiger partial charge in [-0.15, -0.1) is 0 Å². The van der Waals surface area contributed by atoms with Gasteiger partial charge in [-0.3, -0.25) is 4.68 Å². The van der Waals surface area contributed by atoms with Crippen LogP contribution in [-0.2, 0) is 6.54 Å². The molecule has 0 aliphatic carbocycles. The molecule has 1 rings (SSSR count). The number of aromatic nitrogens is 2. The molecule has 0 saturated heterocycles. The molecule has 4 nitrogen and oxygen atoms in total. The molecule has 0 fully saturated rings. The predicted octanol–water partition coefficient (Wildman–Crippen LogP) is 1.45. The third-order valence-corrected chi connectivity index (χ3v) is 2.38. The average Bonchev–Trinajstić information content (AvgIpc) is 2.66. The van der Waals surface area contributed by atoms with Crippen LogP contribution in [0, 0.1) is 0 Å². The van der Waals surface area contributed by atoms with Gasteiger partial charge in [-0.1, -0.05) is 0 Å². The maximum Gasteiger partial charge on any atom is 0.166 e. The van der Waals surface area contributed by atoms with Crippen LogP contribution in [0.3, 0.4) is 0 Å².